The molecule has 18 heavy (non-hydrogen) atoms. The van der Waals surface area contributed by atoms with Crippen molar-refractivity contribution in [3.8, 4) is 0 Å². The Kier molecular flexibility index (Phi) is 5.17. The van der Waals surface area contributed by atoms with Crippen LogP contribution in [0.25, 0.3) is 0 Å². The molecule has 2 N–H and O–H groups in total. The molecule has 0 saturated carbocycles. The molecule has 4 nitrogen and oxygen atoms in total. The fourth-order valence-electron chi connectivity index (χ4n) is 1.47. The summed E-state index contributed by atoms with van der Waals surface area (Å²) < 4.78 is 0. The van der Waals surface area contributed by atoms with Gasteiger partial charge in [0.1, 0.15) is 7.85 Å². The molecular weight excluding hydrogens is 227 g/mol. The average Bonchev–Trinajstić information content (AvgIpc) is 2.34. The summed E-state index contributed by atoms with van der Waals surface area (Å²) in [4.78, 5) is 22.7. The Labute approximate surface area is 108 Å². The Hall–Kier alpha value is -2.04. The second kappa shape index (κ2) is 6.64. The zero-order chi connectivity index (χ0) is 13.5. The molecule has 1 aromatic rings. The van der Waals surface area contributed by atoms with Crippen molar-refractivity contribution in [3.63, 3.8) is 0 Å². The van der Waals surface area contributed by atoms with Crippen molar-refractivity contribution in [1.29, 1.82) is 0 Å². The van der Waals surface area contributed by atoms with Gasteiger partial charge in [-0.3, -0.25) is 9.59 Å². The van der Waals surface area contributed by atoms with Crippen molar-refractivity contribution in [2.75, 3.05) is 13.1 Å². The summed E-state index contributed by atoms with van der Waals surface area (Å²) in [7, 11) is 5.61. The van der Waals surface area contributed by atoms with Gasteiger partial charge in [-0.15, -0.1) is 0 Å². The number of benzene rings is 1. The molecule has 0 atom stereocenters. The topological polar surface area (TPSA) is 58.2 Å². The minimum absolute atomic E-state index is 0.180. The zero-order valence-corrected chi connectivity index (χ0v) is 10.3. The molecule has 92 valence electrons. The van der Waals surface area contributed by atoms with E-state index in [2.05, 4.69) is 17.2 Å². The lowest BCUT2D eigenvalue weighted by Crippen LogP contribution is -2.34. The van der Waals surface area contributed by atoms with Crippen molar-refractivity contribution in [3.05, 3.63) is 42.0 Å². The Morgan fingerprint density at radius 2 is 2.00 bits per heavy atom. The highest BCUT2D eigenvalue weighted by Gasteiger charge is 2.07. The van der Waals surface area contributed by atoms with Crippen LogP contribution in [0.2, 0.25) is 0 Å². The van der Waals surface area contributed by atoms with Crippen LogP contribution in [-0.4, -0.2) is 32.8 Å². The third kappa shape index (κ3) is 4.09. The zero-order valence-electron chi connectivity index (χ0n) is 10.3. The second-order valence-electron chi connectivity index (χ2n) is 3.83. The van der Waals surface area contributed by atoms with Crippen molar-refractivity contribution >= 4 is 25.1 Å². The fraction of sp³-hybridized carbons (Fsp3) is 0.231. The average molecular weight is 242 g/mol. The van der Waals surface area contributed by atoms with Crippen molar-refractivity contribution in [2.45, 2.75) is 6.92 Å². The van der Waals surface area contributed by atoms with Crippen LogP contribution in [0.15, 0.2) is 30.9 Å². The quantitative estimate of drug-likeness (QED) is 0.427. The maximum absolute atomic E-state index is 11.8. The number of hydrogen-bond donors (Lipinski definition) is 2. The van der Waals surface area contributed by atoms with Gasteiger partial charge in [-0.05, 0) is 24.6 Å². The number of amides is 2. The smallest absolute Gasteiger partial charge is 0.251 e. The summed E-state index contributed by atoms with van der Waals surface area (Å²) in [6.45, 7) is 5.88. The number of carbonyl (C=O) groups is 2. The van der Waals surface area contributed by atoms with Crippen molar-refractivity contribution < 1.29 is 9.59 Å². The number of hydrogen-bond acceptors (Lipinski definition) is 2. The molecule has 0 aliphatic carbocycles. The highest BCUT2D eigenvalue weighted by Crippen LogP contribution is 2.04. The number of aryl methyl sites for hydroxylation is 1. The molecular formula is C13H15BN2O2. The van der Waals surface area contributed by atoms with Gasteiger partial charge >= 0.3 is 0 Å². The monoisotopic (exact) mass is 242 g/mol. The van der Waals surface area contributed by atoms with E-state index in [-0.39, 0.29) is 11.8 Å². The SMILES string of the molecule is [B]c1ccc(C(=O)NCCNC(=O)C=C)c(C)c1. The first-order valence-electron chi connectivity index (χ1n) is 5.59. The second-order valence-corrected chi connectivity index (χ2v) is 3.83. The van der Waals surface area contributed by atoms with Crippen molar-refractivity contribution in [2.24, 2.45) is 0 Å². The number of carbonyl (C=O) groups excluding carboxylic acids is 2. The molecule has 0 fully saturated rings. The third-order valence-corrected chi connectivity index (χ3v) is 2.39. The van der Waals surface area contributed by atoms with Gasteiger partial charge in [-0.25, -0.2) is 0 Å². The van der Waals surface area contributed by atoms with E-state index in [1.54, 1.807) is 18.2 Å². The summed E-state index contributed by atoms with van der Waals surface area (Å²) >= 11 is 0. The Morgan fingerprint density at radius 1 is 1.33 bits per heavy atom. The van der Waals surface area contributed by atoms with Crippen LogP contribution in [0, 0.1) is 6.92 Å². The standard InChI is InChI=1S/C13H15BN2O2/c1-3-12(17)15-6-7-16-13(18)11-5-4-10(14)8-9(11)2/h3-5,8H,1,6-7H2,2H3,(H,15,17)(H,16,18). The number of nitrogens with one attached hydrogen (secondary N) is 2. The van der Waals surface area contributed by atoms with E-state index < -0.39 is 0 Å². The fourth-order valence-corrected chi connectivity index (χ4v) is 1.47. The summed E-state index contributed by atoms with van der Waals surface area (Å²) in [5, 5.41) is 5.28. The summed E-state index contributed by atoms with van der Waals surface area (Å²) in [6.07, 6.45) is 1.19. The van der Waals surface area contributed by atoms with Crippen LogP contribution in [-0.2, 0) is 4.79 Å². The maximum Gasteiger partial charge on any atom is 0.251 e. The molecule has 1 rings (SSSR count). The molecule has 2 amide bonds. The first-order valence-corrected chi connectivity index (χ1v) is 5.59. The molecule has 0 bridgehead atoms. The summed E-state index contributed by atoms with van der Waals surface area (Å²) in [6, 6.07) is 5.11. The van der Waals surface area contributed by atoms with Gasteiger partial charge in [-0.1, -0.05) is 24.2 Å². The normalized spacial score (nSPS) is 9.61. The first-order chi connectivity index (χ1) is 8.54. The van der Waals surface area contributed by atoms with Gasteiger partial charge in [0.25, 0.3) is 5.91 Å². The van der Waals surface area contributed by atoms with Gasteiger partial charge < -0.3 is 10.6 Å². The van der Waals surface area contributed by atoms with Crippen LogP contribution in [0.1, 0.15) is 15.9 Å². The molecule has 0 aromatic heterocycles. The van der Waals surface area contributed by atoms with E-state index in [1.807, 2.05) is 6.92 Å². The minimum atomic E-state index is -0.257. The van der Waals surface area contributed by atoms with E-state index in [1.165, 1.54) is 6.08 Å². The van der Waals surface area contributed by atoms with Crippen LogP contribution in [0.5, 0.6) is 0 Å². The van der Waals surface area contributed by atoms with Gasteiger partial charge in [0.05, 0.1) is 0 Å². The van der Waals surface area contributed by atoms with Crippen LogP contribution in [0.3, 0.4) is 0 Å². The van der Waals surface area contributed by atoms with E-state index in [0.29, 0.717) is 24.1 Å². The largest absolute Gasteiger partial charge is 0.351 e. The van der Waals surface area contributed by atoms with E-state index in [0.717, 1.165) is 5.56 Å². The van der Waals surface area contributed by atoms with Crippen LogP contribution in [0.4, 0.5) is 0 Å². The Morgan fingerprint density at radius 3 is 2.61 bits per heavy atom. The molecule has 5 heteroatoms. The van der Waals surface area contributed by atoms with Gasteiger partial charge in [0, 0.05) is 18.7 Å². The molecule has 2 radical (unpaired) electrons. The summed E-state index contributed by atoms with van der Waals surface area (Å²) in [5.41, 5.74) is 2.03. The van der Waals surface area contributed by atoms with Gasteiger partial charge in [-0.2, -0.15) is 0 Å². The first kappa shape index (κ1) is 14.0. The lowest BCUT2D eigenvalue weighted by Gasteiger charge is -2.08. The molecule has 0 spiro atoms. The minimum Gasteiger partial charge on any atom is -0.351 e. The predicted octanol–water partition coefficient (Wildman–Crippen LogP) is -0.179. The Balaban J connectivity index is 2.46. The third-order valence-electron chi connectivity index (χ3n) is 2.39. The van der Waals surface area contributed by atoms with Gasteiger partial charge in [0.15, 0.2) is 0 Å². The summed E-state index contributed by atoms with van der Waals surface area (Å²) in [5.74, 6) is -0.437. The molecule has 0 heterocycles. The van der Waals surface area contributed by atoms with E-state index >= 15 is 0 Å². The molecule has 1 aromatic carbocycles. The van der Waals surface area contributed by atoms with Crippen LogP contribution >= 0.6 is 0 Å². The molecule has 0 aliphatic heterocycles. The lowest BCUT2D eigenvalue weighted by molar-refractivity contribution is -0.116. The highest BCUT2D eigenvalue weighted by atomic mass is 16.2. The molecule has 0 aliphatic rings. The maximum atomic E-state index is 11.8. The Bertz CT molecular complexity index is 472. The predicted molar refractivity (Wildman–Crippen MR) is 72.1 cm³/mol. The van der Waals surface area contributed by atoms with E-state index in [9.17, 15) is 9.59 Å². The van der Waals surface area contributed by atoms with E-state index in [4.69, 9.17) is 7.85 Å². The highest BCUT2D eigenvalue weighted by molar-refractivity contribution is 6.32. The number of rotatable bonds is 5. The molecule has 0 saturated heterocycles. The van der Waals surface area contributed by atoms with Gasteiger partial charge in [0.2, 0.25) is 5.91 Å². The lowest BCUT2D eigenvalue weighted by atomic mass is 9.92. The van der Waals surface area contributed by atoms with Crippen LogP contribution < -0.4 is 16.1 Å². The van der Waals surface area contributed by atoms with Crippen molar-refractivity contribution in [1.82, 2.24) is 10.6 Å². The molecule has 0 unspecified atom stereocenters.